The predicted octanol–water partition coefficient (Wildman–Crippen LogP) is 2.17. The van der Waals surface area contributed by atoms with Crippen LogP contribution in [0.25, 0.3) is 0 Å². The number of hydrogen-bond donors (Lipinski definition) is 2. The first-order valence-corrected chi connectivity index (χ1v) is 7.52. The van der Waals surface area contributed by atoms with Gasteiger partial charge in [0.05, 0.1) is 6.10 Å². The highest BCUT2D eigenvalue weighted by Crippen LogP contribution is 2.62. The molecule has 1 saturated carbocycles. The zero-order valence-corrected chi connectivity index (χ0v) is 12.5. The molecule has 2 N–H and O–H groups in total. The maximum Gasteiger partial charge on any atom is 0.0599 e. The maximum absolute atomic E-state index is 5.91. The van der Waals surface area contributed by atoms with Gasteiger partial charge in [0, 0.05) is 12.6 Å². The molecule has 2 fully saturated rings. The first-order valence-electron chi connectivity index (χ1n) is 7.52. The van der Waals surface area contributed by atoms with Crippen LogP contribution in [0.2, 0.25) is 0 Å². The fourth-order valence-electron chi connectivity index (χ4n) is 3.24. The van der Waals surface area contributed by atoms with Crippen molar-refractivity contribution in [2.24, 2.45) is 10.8 Å². The molecule has 1 saturated heterocycles. The smallest absolute Gasteiger partial charge is 0.0599 e. The summed E-state index contributed by atoms with van der Waals surface area (Å²) in [6.07, 6.45) is 3.98. The Balaban J connectivity index is 1.52. The molecule has 0 amide bonds. The fourth-order valence-corrected chi connectivity index (χ4v) is 3.24. The number of ether oxygens (including phenoxy) is 1. The third kappa shape index (κ3) is 2.89. The Morgan fingerprint density at radius 1 is 1.11 bits per heavy atom. The normalized spacial score (nSPS) is 27.3. The zero-order chi connectivity index (χ0) is 13.2. The quantitative estimate of drug-likeness (QED) is 0.713. The van der Waals surface area contributed by atoms with Crippen LogP contribution in [-0.2, 0) is 4.74 Å². The van der Waals surface area contributed by atoms with Crippen LogP contribution in [-0.4, -0.2) is 38.4 Å². The van der Waals surface area contributed by atoms with Crippen molar-refractivity contribution in [3.63, 3.8) is 0 Å². The van der Waals surface area contributed by atoms with Crippen molar-refractivity contribution >= 4 is 0 Å². The molecule has 0 spiro atoms. The van der Waals surface area contributed by atoms with Gasteiger partial charge >= 0.3 is 0 Å². The van der Waals surface area contributed by atoms with Crippen LogP contribution in [0, 0.1) is 10.8 Å². The highest BCUT2D eigenvalue weighted by molar-refractivity contribution is 5.17. The summed E-state index contributed by atoms with van der Waals surface area (Å²) in [7, 11) is 0. The second-order valence-corrected chi connectivity index (χ2v) is 7.00. The number of nitrogens with one attached hydrogen (secondary N) is 2. The first kappa shape index (κ1) is 14.3. The topological polar surface area (TPSA) is 33.3 Å². The van der Waals surface area contributed by atoms with E-state index in [-0.39, 0.29) is 0 Å². The van der Waals surface area contributed by atoms with Crippen molar-refractivity contribution < 1.29 is 4.74 Å². The second kappa shape index (κ2) is 5.48. The standard InChI is InChI=1S/C15H30N2O/c1-14(2)13(15(14,3)4)17-8-5-11-18-12-6-9-16-10-7-12/h12-13,16-17H,5-11H2,1-4H3. The Kier molecular flexibility index (Phi) is 4.35. The van der Waals surface area contributed by atoms with Gasteiger partial charge in [-0.1, -0.05) is 27.7 Å². The second-order valence-electron chi connectivity index (χ2n) is 7.00. The zero-order valence-electron chi connectivity index (χ0n) is 12.5. The third-order valence-corrected chi connectivity index (χ3v) is 5.33. The highest BCUT2D eigenvalue weighted by atomic mass is 16.5. The summed E-state index contributed by atoms with van der Waals surface area (Å²) in [5, 5.41) is 7.05. The molecule has 1 aliphatic heterocycles. The summed E-state index contributed by atoms with van der Waals surface area (Å²) >= 11 is 0. The van der Waals surface area contributed by atoms with Gasteiger partial charge in [0.2, 0.25) is 0 Å². The minimum absolute atomic E-state index is 0.447. The molecular formula is C15H30N2O. The Labute approximate surface area is 112 Å². The average molecular weight is 254 g/mol. The van der Waals surface area contributed by atoms with E-state index in [1.165, 1.54) is 12.8 Å². The molecule has 0 bridgehead atoms. The van der Waals surface area contributed by atoms with E-state index in [2.05, 4.69) is 38.3 Å². The number of rotatable bonds is 6. The van der Waals surface area contributed by atoms with E-state index in [9.17, 15) is 0 Å². The summed E-state index contributed by atoms with van der Waals surface area (Å²) in [5.74, 6) is 0. The van der Waals surface area contributed by atoms with Crippen LogP contribution in [0.4, 0.5) is 0 Å². The van der Waals surface area contributed by atoms with Crippen LogP contribution in [0.3, 0.4) is 0 Å². The largest absolute Gasteiger partial charge is 0.378 e. The molecule has 0 atom stereocenters. The van der Waals surface area contributed by atoms with Crippen molar-refractivity contribution in [1.29, 1.82) is 0 Å². The molecule has 18 heavy (non-hydrogen) atoms. The van der Waals surface area contributed by atoms with Crippen molar-refractivity contribution in [1.82, 2.24) is 10.6 Å². The van der Waals surface area contributed by atoms with Gasteiger partial charge in [-0.25, -0.2) is 0 Å². The van der Waals surface area contributed by atoms with E-state index in [1.807, 2.05) is 0 Å². The van der Waals surface area contributed by atoms with Crippen LogP contribution >= 0.6 is 0 Å². The first-order chi connectivity index (χ1) is 8.46. The minimum atomic E-state index is 0.447. The Bertz CT molecular complexity index is 256. The molecule has 106 valence electrons. The Morgan fingerprint density at radius 2 is 1.72 bits per heavy atom. The van der Waals surface area contributed by atoms with Crippen molar-refractivity contribution in [2.75, 3.05) is 26.2 Å². The molecule has 0 aromatic rings. The van der Waals surface area contributed by atoms with Gasteiger partial charge in [-0.2, -0.15) is 0 Å². The summed E-state index contributed by atoms with van der Waals surface area (Å²) in [6.45, 7) is 13.7. The molecule has 3 nitrogen and oxygen atoms in total. The molecular weight excluding hydrogens is 224 g/mol. The van der Waals surface area contributed by atoms with Crippen LogP contribution < -0.4 is 10.6 Å². The molecule has 0 aromatic carbocycles. The van der Waals surface area contributed by atoms with Crippen LogP contribution in [0.15, 0.2) is 0 Å². The molecule has 0 aromatic heterocycles. The lowest BCUT2D eigenvalue weighted by Crippen LogP contribution is -2.33. The summed E-state index contributed by atoms with van der Waals surface area (Å²) in [4.78, 5) is 0. The van der Waals surface area contributed by atoms with E-state index in [0.29, 0.717) is 23.0 Å². The molecule has 2 rings (SSSR count). The number of hydrogen-bond acceptors (Lipinski definition) is 3. The lowest BCUT2D eigenvalue weighted by atomic mass is 10.0. The summed E-state index contributed by atoms with van der Waals surface area (Å²) in [5.41, 5.74) is 0.895. The lowest BCUT2D eigenvalue weighted by Gasteiger charge is -2.22. The monoisotopic (exact) mass is 254 g/mol. The molecule has 2 aliphatic rings. The van der Waals surface area contributed by atoms with Gasteiger partial charge in [-0.15, -0.1) is 0 Å². The van der Waals surface area contributed by atoms with Crippen LogP contribution in [0.1, 0.15) is 47.0 Å². The molecule has 3 heteroatoms. The van der Waals surface area contributed by atoms with Gasteiger partial charge in [0.1, 0.15) is 0 Å². The predicted molar refractivity (Wildman–Crippen MR) is 75.8 cm³/mol. The Hall–Kier alpha value is -0.120. The van der Waals surface area contributed by atoms with E-state index < -0.39 is 0 Å². The molecule has 0 radical (unpaired) electrons. The number of piperidine rings is 1. The van der Waals surface area contributed by atoms with E-state index in [4.69, 9.17) is 4.74 Å². The molecule has 0 unspecified atom stereocenters. The van der Waals surface area contributed by atoms with Gasteiger partial charge in [-0.05, 0) is 49.7 Å². The third-order valence-electron chi connectivity index (χ3n) is 5.33. The molecule has 1 aliphatic carbocycles. The Morgan fingerprint density at radius 3 is 2.28 bits per heavy atom. The fraction of sp³-hybridized carbons (Fsp3) is 1.00. The van der Waals surface area contributed by atoms with Gasteiger partial charge in [0.25, 0.3) is 0 Å². The van der Waals surface area contributed by atoms with Gasteiger partial charge < -0.3 is 15.4 Å². The van der Waals surface area contributed by atoms with Crippen molar-refractivity contribution in [2.45, 2.75) is 59.1 Å². The van der Waals surface area contributed by atoms with Crippen molar-refractivity contribution in [3.05, 3.63) is 0 Å². The van der Waals surface area contributed by atoms with Gasteiger partial charge in [-0.3, -0.25) is 0 Å². The van der Waals surface area contributed by atoms with E-state index in [0.717, 1.165) is 32.7 Å². The van der Waals surface area contributed by atoms with Crippen LogP contribution in [0.5, 0.6) is 0 Å². The summed E-state index contributed by atoms with van der Waals surface area (Å²) < 4.78 is 5.91. The minimum Gasteiger partial charge on any atom is -0.378 e. The van der Waals surface area contributed by atoms with E-state index >= 15 is 0 Å². The van der Waals surface area contributed by atoms with E-state index in [1.54, 1.807) is 0 Å². The molecule has 1 heterocycles. The lowest BCUT2D eigenvalue weighted by molar-refractivity contribution is 0.0316. The maximum atomic E-state index is 5.91. The average Bonchev–Trinajstić information content (AvgIpc) is 2.72. The summed E-state index contributed by atoms with van der Waals surface area (Å²) in [6, 6.07) is 0.670. The van der Waals surface area contributed by atoms with Crippen molar-refractivity contribution in [3.8, 4) is 0 Å². The van der Waals surface area contributed by atoms with Gasteiger partial charge in [0.15, 0.2) is 0 Å². The highest BCUT2D eigenvalue weighted by Gasteiger charge is 2.64. The SMILES string of the molecule is CC1(C)C(NCCCOC2CCNCC2)C1(C)C.